The third kappa shape index (κ3) is 2.09. The molecule has 0 spiro atoms. The van der Waals surface area contributed by atoms with Crippen molar-refractivity contribution in [3.8, 4) is 0 Å². The molecule has 0 fully saturated rings. The summed E-state index contributed by atoms with van der Waals surface area (Å²) in [6.45, 7) is 3.57. The molecule has 0 saturated carbocycles. The Morgan fingerprint density at radius 3 is 1.80 bits per heavy atom. The number of hydrogen-bond donors (Lipinski definition) is 2. The molecule has 0 aliphatic rings. The molecule has 0 radical (unpaired) electrons. The summed E-state index contributed by atoms with van der Waals surface area (Å²) >= 11 is 0. The predicted octanol–water partition coefficient (Wildman–Crippen LogP) is 0.778. The molecule has 0 aliphatic carbocycles. The summed E-state index contributed by atoms with van der Waals surface area (Å²) in [6.07, 6.45) is 0. The molecular weight excluding hydrogens is 126 g/mol. The Labute approximate surface area is 62.0 Å². The highest BCUT2D eigenvalue weighted by Crippen LogP contribution is 2.00. The van der Waals surface area contributed by atoms with Crippen molar-refractivity contribution < 1.29 is 0 Å². The van der Waals surface area contributed by atoms with Gasteiger partial charge in [-0.15, -0.1) is 0 Å². The minimum atomic E-state index is 0.520. The topological polar surface area (TPSA) is 53.1 Å². The van der Waals surface area contributed by atoms with Gasteiger partial charge in [-0.2, -0.15) is 0 Å². The quantitative estimate of drug-likeness (QED) is 0.558. The fourth-order valence-electron chi connectivity index (χ4n) is 0.528. The Bertz CT molecular complexity index is 168. The Hall–Kier alpha value is -0.990. The van der Waals surface area contributed by atoms with Gasteiger partial charge in [-0.1, -0.05) is 0 Å². The first-order chi connectivity index (χ1) is 4.46. The summed E-state index contributed by atoms with van der Waals surface area (Å²) < 4.78 is 0. The highest BCUT2D eigenvalue weighted by atomic mass is 15.1. The second-order valence-corrected chi connectivity index (χ2v) is 2.53. The fourth-order valence-corrected chi connectivity index (χ4v) is 0.528. The van der Waals surface area contributed by atoms with Gasteiger partial charge in [0.15, 0.2) is 0 Å². The molecule has 0 unspecified atom stereocenters. The summed E-state index contributed by atoms with van der Waals surface area (Å²) in [4.78, 5) is 1.80. The lowest BCUT2D eigenvalue weighted by Gasteiger charge is -2.14. The zero-order valence-corrected chi connectivity index (χ0v) is 7.02. The van der Waals surface area contributed by atoms with Crippen molar-refractivity contribution in [3.05, 3.63) is 11.4 Å². The smallest absolute Gasteiger partial charge is 0.103 e. The minimum absolute atomic E-state index is 0.520. The van der Waals surface area contributed by atoms with Gasteiger partial charge in [0.25, 0.3) is 0 Å². The number of nitrogens with zero attached hydrogens (tertiary/aromatic N) is 1. The molecular formula is C7H15N3. The summed E-state index contributed by atoms with van der Waals surface area (Å²) in [7, 11) is 3.73. The molecule has 0 aromatic carbocycles. The normalized spacial score (nSPS) is 12.4. The molecule has 0 saturated heterocycles. The van der Waals surface area contributed by atoms with E-state index >= 15 is 0 Å². The average molecular weight is 141 g/mol. The van der Waals surface area contributed by atoms with E-state index in [1.807, 2.05) is 21.0 Å². The van der Waals surface area contributed by atoms with E-state index in [1.54, 1.807) is 11.8 Å². The largest absolute Gasteiger partial charge is 0.385 e. The second-order valence-electron chi connectivity index (χ2n) is 2.53. The van der Waals surface area contributed by atoms with Gasteiger partial charge >= 0.3 is 0 Å². The average Bonchev–Trinajstić information content (AvgIpc) is 1.84. The van der Waals surface area contributed by atoms with Crippen molar-refractivity contribution in [1.82, 2.24) is 4.90 Å². The minimum Gasteiger partial charge on any atom is -0.385 e. The van der Waals surface area contributed by atoms with Crippen LogP contribution in [0.3, 0.4) is 0 Å². The van der Waals surface area contributed by atoms with Crippen LogP contribution in [-0.2, 0) is 0 Å². The molecule has 10 heavy (non-hydrogen) atoms. The summed E-state index contributed by atoms with van der Waals surface area (Å²) in [6, 6.07) is 0. The van der Waals surface area contributed by atoms with Crippen LogP contribution in [0.15, 0.2) is 11.4 Å². The number of nitrogens with one attached hydrogen (secondary N) is 1. The number of nitrogens with two attached hydrogens (primary N) is 1. The van der Waals surface area contributed by atoms with Crippen LogP contribution < -0.4 is 5.73 Å². The Morgan fingerprint density at radius 1 is 1.30 bits per heavy atom. The Kier molecular flexibility index (Phi) is 2.93. The van der Waals surface area contributed by atoms with Crippen LogP contribution in [0, 0.1) is 5.41 Å². The molecule has 0 aromatic heterocycles. The molecule has 3 nitrogen and oxygen atoms in total. The Morgan fingerprint density at radius 2 is 1.70 bits per heavy atom. The lowest BCUT2D eigenvalue weighted by molar-refractivity contribution is 0.502. The van der Waals surface area contributed by atoms with Crippen molar-refractivity contribution in [2.75, 3.05) is 14.1 Å². The maximum absolute atomic E-state index is 7.26. The van der Waals surface area contributed by atoms with Crippen LogP contribution in [0.2, 0.25) is 0 Å². The maximum atomic E-state index is 7.26. The van der Waals surface area contributed by atoms with Crippen LogP contribution in [0.25, 0.3) is 0 Å². The third-order valence-electron chi connectivity index (χ3n) is 1.43. The van der Waals surface area contributed by atoms with Gasteiger partial charge in [-0.25, -0.2) is 0 Å². The predicted molar refractivity (Wildman–Crippen MR) is 44.0 cm³/mol. The number of rotatable bonds is 2. The van der Waals surface area contributed by atoms with Crippen LogP contribution in [0.1, 0.15) is 13.8 Å². The molecule has 0 rings (SSSR count). The highest BCUT2D eigenvalue weighted by molar-refractivity contribution is 5.95. The molecule has 0 aromatic rings. The second kappa shape index (κ2) is 3.25. The number of allylic oxidation sites excluding steroid dienone is 1. The van der Waals surface area contributed by atoms with Crippen LogP contribution in [0.4, 0.5) is 0 Å². The fraction of sp³-hybridized carbons (Fsp3) is 0.571. The first-order valence-electron chi connectivity index (χ1n) is 3.16. The van der Waals surface area contributed by atoms with Gasteiger partial charge in [-0.05, 0) is 13.8 Å². The monoisotopic (exact) mass is 141 g/mol. The van der Waals surface area contributed by atoms with Crippen molar-refractivity contribution in [2.24, 2.45) is 5.73 Å². The highest BCUT2D eigenvalue weighted by Gasteiger charge is 2.00. The van der Waals surface area contributed by atoms with E-state index in [2.05, 4.69) is 0 Å². The molecule has 0 amide bonds. The van der Waals surface area contributed by atoms with Gasteiger partial charge in [0, 0.05) is 25.4 Å². The zero-order valence-electron chi connectivity index (χ0n) is 7.02. The van der Waals surface area contributed by atoms with Crippen LogP contribution >= 0.6 is 0 Å². The molecule has 0 atom stereocenters. The van der Waals surface area contributed by atoms with Gasteiger partial charge in [0.1, 0.15) is 5.82 Å². The lowest BCUT2D eigenvalue weighted by atomic mass is 10.2. The molecule has 0 aliphatic heterocycles. The first-order valence-corrected chi connectivity index (χ1v) is 3.16. The van der Waals surface area contributed by atoms with Gasteiger partial charge in [-0.3, -0.25) is 0 Å². The van der Waals surface area contributed by atoms with Gasteiger partial charge in [0.2, 0.25) is 0 Å². The third-order valence-corrected chi connectivity index (χ3v) is 1.43. The van der Waals surface area contributed by atoms with Crippen molar-refractivity contribution >= 4 is 5.71 Å². The Balaban J connectivity index is 4.50. The van der Waals surface area contributed by atoms with Crippen LogP contribution in [-0.4, -0.2) is 24.7 Å². The van der Waals surface area contributed by atoms with Gasteiger partial charge in [0.05, 0.1) is 0 Å². The molecule has 0 bridgehead atoms. The maximum Gasteiger partial charge on any atom is 0.103 e. The zero-order chi connectivity index (χ0) is 8.31. The van der Waals surface area contributed by atoms with Crippen molar-refractivity contribution in [2.45, 2.75) is 13.8 Å². The molecule has 0 heterocycles. The SMILES string of the molecule is CC(=N)/C(C)=C(\N)N(C)C. The van der Waals surface area contributed by atoms with Crippen molar-refractivity contribution in [1.29, 1.82) is 5.41 Å². The van der Waals surface area contributed by atoms with E-state index in [-0.39, 0.29) is 0 Å². The molecule has 3 heteroatoms. The standard InChI is InChI=1S/C7H15N3/c1-5(6(2)8)7(9)10(3)4/h8H,9H2,1-4H3/b7-5+,8-6?. The molecule has 3 N–H and O–H groups in total. The first kappa shape index (κ1) is 9.01. The van der Waals surface area contributed by atoms with E-state index < -0.39 is 0 Å². The summed E-state index contributed by atoms with van der Waals surface area (Å²) in [5.74, 6) is 0.660. The van der Waals surface area contributed by atoms with E-state index in [4.69, 9.17) is 11.1 Å². The summed E-state index contributed by atoms with van der Waals surface area (Å²) in [5, 5.41) is 7.26. The lowest BCUT2D eigenvalue weighted by Crippen LogP contribution is -2.21. The molecule has 58 valence electrons. The van der Waals surface area contributed by atoms with Gasteiger partial charge < -0.3 is 16.0 Å². The summed E-state index contributed by atoms with van der Waals surface area (Å²) in [5.41, 5.74) is 6.98. The number of hydrogen-bond acceptors (Lipinski definition) is 3. The van der Waals surface area contributed by atoms with E-state index in [0.29, 0.717) is 11.5 Å². The van der Waals surface area contributed by atoms with E-state index in [1.165, 1.54) is 0 Å². The van der Waals surface area contributed by atoms with E-state index in [9.17, 15) is 0 Å². The van der Waals surface area contributed by atoms with Crippen molar-refractivity contribution in [3.63, 3.8) is 0 Å². The van der Waals surface area contributed by atoms with Crippen LogP contribution in [0.5, 0.6) is 0 Å². The van der Waals surface area contributed by atoms with E-state index in [0.717, 1.165) is 5.57 Å².